The van der Waals surface area contributed by atoms with Gasteiger partial charge in [-0.3, -0.25) is 4.79 Å². The minimum Gasteiger partial charge on any atom is -0.369 e. The summed E-state index contributed by atoms with van der Waals surface area (Å²) < 4.78 is 0. The highest BCUT2D eigenvalue weighted by atomic mass is 16.3. The van der Waals surface area contributed by atoms with E-state index in [1.807, 2.05) is 12.1 Å². The van der Waals surface area contributed by atoms with Gasteiger partial charge in [0.1, 0.15) is 5.69 Å². The Labute approximate surface area is 180 Å². The van der Waals surface area contributed by atoms with Gasteiger partial charge >= 0.3 is 0 Å². The summed E-state index contributed by atoms with van der Waals surface area (Å²) >= 11 is 0. The van der Waals surface area contributed by atoms with Crippen molar-refractivity contribution in [2.24, 2.45) is 16.6 Å². The van der Waals surface area contributed by atoms with E-state index in [4.69, 9.17) is 5.73 Å². The number of hydrogen-bond donors (Lipinski definition) is 2. The van der Waals surface area contributed by atoms with Gasteiger partial charge in [0.15, 0.2) is 12.1 Å². The minimum absolute atomic E-state index is 0.0297. The molecule has 1 aliphatic carbocycles. The van der Waals surface area contributed by atoms with Crippen LogP contribution in [-0.2, 0) is 4.79 Å². The van der Waals surface area contributed by atoms with Gasteiger partial charge in [0.05, 0.1) is 23.2 Å². The van der Waals surface area contributed by atoms with E-state index in [-0.39, 0.29) is 17.5 Å². The van der Waals surface area contributed by atoms with Gasteiger partial charge in [-0.25, -0.2) is 4.99 Å². The SMILES string of the molecule is N#Cc1ccc([C@H](C2CCCCC2)N2C(c3cccnn3)=NC=C(C(N)=O)C2O)cc1. The van der Waals surface area contributed by atoms with Crippen molar-refractivity contribution in [2.75, 3.05) is 0 Å². The Kier molecular flexibility index (Phi) is 6.05. The van der Waals surface area contributed by atoms with Crippen LogP contribution < -0.4 is 5.73 Å². The van der Waals surface area contributed by atoms with E-state index >= 15 is 0 Å². The number of hydrogen-bond acceptors (Lipinski definition) is 7. The first-order valence-electron chi connectivity index (χ1n) is 10.4. The number of benzene rings is 1. The summed E-state index contributed by atoms with van der Waals surface area (Å²) in [6, 6.07) is 12.7. The molecular weight excluding hydrogens is 392 g/mol. The first kappa shape index (κ1) is 20.7. The summed E-state index contributed by atoms with van der Waals surface area (Å²) in [6.07, 6.45) is 6.94. The predicted octanol–water partition coefficient (Wildman–Crippen LogP) is 2.42. The molecule has 0 saturated heterocycles. The molecule has 31 heavy (non-hydrogen) atoms. The van der Waals surface area contributed by atoms with Gasteiger partial charge in [0.25, 0.3) is 5.91 Å². The van der Waals surface area contributed by atoms with Crippen molar-refractivity contribution in [3.8, 4) is 6.07 Å². The van der Waals surface area contributed by atoms with E-state index in [9.17, 15) is 15.2 Å². The standard InChI is InChI=1S/C23H24N6O2/c24-13-15-8-10-17(11-9-15)20(16-5-2-1-3-6-16)29-22(19-7-4-12-27-28-19)26-14-18(21(25)30)23(29)31/h4,7-12,14,16,20,23,31H,1-3,5-6H2,(H2,25,30)/t20-,23?/m0/s1. The summed E-state index contributed by atoms with van der Waals surface area (Å²) in [6.45, 7) is 0. The van der Waals surface area contributed by atoms with E-state index in [0.717, 1.165) is 31.2 Å². The lowest BCUT2D eigenvalue weighted by molar-refractivity contribution is -0.116. The number of aromatic nitrogens is 2. The number of nitrogens with two attached hydrogens (primary N) is 1. The van der Waals surface area contributed by atoms with Crippen LogP contribution in [0, 0.1) is 17.2 Å². The Balaban J connectivity index is 1.85. The summed E-state index contributed by atoms with van der Waals surface area (Å²) in [4.78, 5) is 18.2. The molecule has 3 N–H and O–H groups in total. The van der Waals surface area contributed by atoms with Crippen LogP contribution in [0.5, 0.6) is 0 Å². The molecule has 1 unspecified atom stereocenters. The van der Waals surface area contributed by atoms with E-state index in [0.29, 0.717) is 17.1 Å². The maximum atomic E-state index is 12.0. The minimum atomic E-state index is -1.27. The highest BCUT2D eigenvalue weighted by Crippen LogP contribution is 2.41. The van der Waals surface area contributed by atoms with Crippen LogP contribution in [0.1, 0.15) is 55.0 Å². The molecule has 2 aliphatic rings. The fraction of sp³-hybridized carbons (Fsp3) is 0.348. The molecule has 0 radical (unpaired) electrons. The zero-order chi connectivity index (χ0) is 21.8. The van der Waals surface area contributed by atoms with Gasteiger partial charge < -0.3 is 15.7 Å². The maximum Gasteiger partial charge on any atom is 0.250 e. The summed E-state index contributed by atoms with van der Waals surface area (Å²) in [5, 5.41) is 28.6. The smallest absolute Gasteiger partial charge is 0.250 e. The lowest BCUT2D eigenvalue weighted by Crippen LogP contribution is -2.50. The van der Waals surface area contributed by atoms with E-state index < -0.39 is 12.1 Å². The van der Waals surface area contributed by atoms with Crippen molar-refractivity contribution in [1.82, 2.24) is 15.1 Å². The number of nitriles is 1. The Morgan fingerprint density at radius 1 is 1.19 bits per heavy atom. The molecule has 1 saturated carbocycles. The first-order chi connectivity index (χ1) is 15.1. The van der Waals surface area contributed by atoms with Crippen LogP contribution in [0.4, 0.5) is 0 Å². The third kappa shape index (κ3) is 4.18. The highest BCUT2D eigenvalue weighted by molar-refractivity contribution is 6.02. The monoisotopic (exact) mass is 416 g/mol. The normalized spacial score (nSPS) is 20.4. The number of nitrogens with zero attached hydrogens (tertiary/aromatic N) is 5. The van der Waals surface area contributed by atoms with Crippen LogP contribution in [0.25, 0.3) is 0 Å². The van der Waals surface area contributed by atoms with Crippen molar-refractivity contribution < 1.29 is 9.90 Å². The second kappa shape index (κ2) is 9.06. The number of aliphatic hydroxyl groups is 1. The van der Waals surface area contributed by atoms with Gasteiger partial charge in [-0.15, -0.1) is 5.10 Å². The number of carbonyl (C=O) groups excluding carboxylic acids is 1. The fourth-order valence-electron chi connectivity index (χ4n) is 4.49. The van der Waals surface area contributed by atoms with Crippen molar-refractivity contribution in [2.45, 2.75) is 44.4 Å². The van der Waals surface area contributed by atoms with Crippen molar-refractivity contribution in [1.29, 1.82) is 5.26 Å². The molecule has 1 fully saturated rings. The highest BCUT2D eigenvalue weighted by Gasteiger charge is 2.40. The zero-order valence-corrected chi connectivity index (χ0v) is 17.1. The van der Waals surface area contributed by atoms with Crippen LogP contribution >= 0.6 is 0 Å². The van der Waals surface area contributed by atoms with E-state index in [1.165, 1.54) is 12.6 Å². The van der Waals surface area contributed by atoms with Crippen LogP contribution in [-0.4, -0.2) is 38.2 Å². The summed E-state index contributed by atoms with van der Waals surface area (Å²) in [5.74, 6) is -0.0577. The van der Waals surface area contributed by atoms with Crippen molar-refractivity contribution in [3.63, 3.8) is 0 Å². The molecule has 2 atom stereocenters. The number of primary amides is 1. The van der Waals surface area contributed by atoms with Gasteiger partial charge in [0.2, 0.25) is 0 Å². The number of aliphatic imine (C=N–C) groups is 1. The number of amidine groups is 1. The van der Waals surface area contributed by atoms with Crippen LogP contribution in [0.15, 0.2) is 59.4 Å². The molecule has 8 nitrogen and oxygen atoms in total. The second-order valence-electron chi connectivity index (χ2n) is 7.87. The Bertz CT molecular complexity index is 1040. The summed E-state index contributed by atoms with van der Waals surface area (Å²) in [7, 11) is 0. The Morgan fingerprint density at radius 2 is 1.94 bits per heavy atom. The molecular formula is C23H24N6O2. The third-order valence-corrected chi connectivity index (χ3v) is 5.98. The summed E-state index contributed by atoms with van der Waals surface area (Å²) in [5.41, 5.74) is 7.56. The first-order valence-corrected chi connectivity index (χ1v) is 10.4. The second-order valence-corrected chi connectivity index (χ2v) is 7.87. The zero-order valence-electron chi connectivity index (χ0n) is 17.1. The molecule has 1 aromatic carbocycles. The topological polar surface area (TPSA) is 128 Å². The largest absolute Gasteiger partial charge is 0.369 e. The molecule has 8 heteroatoms. The lowest BCUT2D eigenvalue weighted by atomic mass is 9.79. The fourth-order valence-corrected chi connectivity index (χ4v) is 4.49. The van der Waals surface area contributed by atoms with Crippen molar-refractivity contribution >= 4 is 11.7 Å². The van der Waals surface area contributed by atoms with Crippen molar-refractivity contribution in [3.05, 3.63) is 71.2 Å². The molecule has 1 aliphatic heterocycles. The van der Waals surface area contributed by atoms with E-state index in [1.54, 1.807) is 35.4 Å². The molecule has 2 heterocycles. The molecule has 158 valence electrons. The van der Waals surface area contributed by atoms with Gasteiger partial charge in [-0.05, 0) is 48.6 Å². The number of rotatable bonds is 5. The molecule has 1 amide bonds. The number of aliphatic hydroxyl groups excluding tert-OH is 1. The van der Waals surface area contributed by atoms with Gasteiger partial charge in [-0.2, -0.15) is 10.4 Å². The predicted molar refractivity (Wildman–Crippen MR) is 114 cm³/mol. The third-order valence-electron chi connectivity index (χ3n) is 5.98. The Hall–Kier alpha value is -3.57. The van der Waals surface area contributed by atoms with Crippen LogP contribution in [0.2, 0.25) is 0 Å². The maximum absolute atomic E-state index is 12.0. The van der Waals surface area contributed by atoms with Gasteiger partial charge in [0, 0.05) is 12.4 Å². The number of amides is 1. The molecule has 0 bridgehead atoms. The number of carbonyl (C=O) groups is 1. The van der Waals surface area contributed by atoms with Crippen LogP contribution in [0.3, 0.4) is 0 Å². The quantitative estimate of drug-likeness (QED) is 0.770. The average molecular weight is 416 g/mol. The lowest BCUT2D eigenvalue weighted by Gasteiger charge is -2.44. The van der Waals surface area contributed by atoms with E-state index in [2.05, 4.69) is 21.3 Å². The molecule has 2 aromatic rings. The Morgan fingerprint density at radius 3 is 2.55 bits per heavy atom. The average Bonchev–Trinajstić information content (AvgIpc) is 2.81. The molecule has 1 aromatic heterocycles. The molecule has 0 spiro atoms. The molecule has 4 rings (SSSR count). The van der Waals surface area contributed by atoms with Gasteiger partial charge in [-0.1, -0.05) is 31.4 Å².